The molecular weight excluding hydrogens is 458 g/mol. The van der Waals surface area contributed by atoms with Gasteiger partial charge in [-0.2, -0.15) is 0 Å². The fourth-order valence-electron chi connectivity index (χ4n) is 2.82. The van der Waals surface area contributed by atoms with E-state index in [0.717, 1.165) is 22.9 Å². The van der Waals surface area contributed by atoms with Gasteiger partial charge in [-0.25, -0.2) is 0 Å². The van der Waals surface area contributed by atoms with Crippen LogP contribution < -0.4 is 9.47 Å². The summed E-state index contributed by atoms with van der Waals surface area (Å²) >= 11 is 12.6. The van der Waals surface area contributed by atoms with Crippen molar-refractivity contribution in [3.8, 4) is 11.5 Å². The average molecular weight is 478 g/mol. The number of carbonyl (C=O) groups excluding carboxylic acids is 1. The molecule has 0 bridgehead atoms. The number of nitrogens with zero attached hydrogens (tertiary/aromatic N) is 1. The normalized spacial score (nSPS) is 14.9. The number of halogens is 1. The fourth-order valence-corrected chi connectivity index (χ4v) is 4.32. The lowest BCUT2D eigenvalue weighted by Gasteiger charge is -2.13. The zero-order valence-electron chi connectivity index (χ0n) is 16.7. The first kappa shape index (κ1) is 23.1. The molecule has 1 heterocycles. The van der Waals surface area contributed by atoms with Crippen LogP contribution in [-0.4, -0.2) is 39.4 Å². The number of aliphatic carboxylic acids is 1. The Labute approximate surface area is 194 Å². The van der Waals surface area contributed by atoms with Crippen LogP contribution in [0.15, 0.2) is 47.4 Å². The predicted octanol–water partition coefficient (Wildman–Crippen LogP) is 4.99. The molecule has 0 atom stereocenters. The molecule has 1 N–H and O–H groups in total. The molecule has 1 fully saturated rings. The monoisotopic (exact) mass is 477 g/mol. The van der Waals surface area contributed by atoms with E-state index in [9.17, 15) is 9.59 Å². The zero-order valence-corrected chi connectivity index (χ0v) is 19.1. The molecule has 0 unspecified atom stereocenters. The summed E-state index contributed by atoms with van der Waals surface area (Å²) in [6, 6.07) is 12.8. The Morgan fingerprint density at radius 3 is 2.71 bits per heavy atom. The number of ether oxygens (including phenoxy) is 2. The number of rotatable bonds is 9. The molecule has 2 aromatic rings. The Kier molecular flexibility index (Phi) is 7.95. The number of thiocarbonyl (C=S) groups is 1. The van der Waals surface area contributed by atoms with Gasteiger partial charge in [0.25, 0.3) is 5.91 Å². The summed E-state index contributed by atoms with van der Waals surface area (Å²) in [6.07, 6.45) is 1.55. The molecule has 1 amide bonds. The molecule has 3 rings (SSSR count). The molecule has 0 saturated carbocycles. The second kappa shape index (κ2) is 10.7. The SMILES string of the molecule is CCOc1cc(/C=C2/SC(=S)N(CCC(=O)O)C2=O)ccc1OCc1ccccc1Cl. The molecule has 9 heteroatoms. The molecule has 2 aromatic carbocycles. The van der Waals surface area contributed by atoms with E-state index >= 15 is 0 Å². The van der Waals surface area contributed by atoms with Crippen LogP contribution in [-0.2, 0) is 16.2 Å². The molecule has 31 heavy (non-hydrogen) atoms. The first-order valence-electron chi connectivity index (χ1n) is 9.49. The van der Waals surface area contributed by atoms with E-state index in [2.05, 4.69) is 0 Å². The average Bonchev–Trinajstić information content (AvgIpc) is 2.99. The lowest BCUT2D eigenvalue weighted by molar-refractivity contribution is -0.137. The van der Waals surface area contributed by atoms with E-state index in [0.29, 0.717) is 39.0 Å². The number of hydrogen-bond acceptors (Lipinski definition) is 6. The van der Waals surface area contributed by atoms with Crippen LogP contribution in [0.5, 0.6) is 11.5 Å². The Bertz CT molecular complexity index is 1040. The summed E-state index contributed by atoms with van der Waals surface area (Å²) in [6.45, 7) is 2.67. The van der Waals surface area contributed by atoms with E-state index in [-0.39, 0.29) is 18.9 Å². The van der Waals surface area contributed by atoms with Crippen LogP contribution in [0, 0.1) is 0 Å². The van der Waals surface area contributed by atoms with Gasteiger partial charge in [0.15, 0.2) is 11.5 Å². The molecule has 0 aliphatic carbocycles. The van der Waals surface area contributed by atoms with Crippen LogP contribution in [0.3, 0.4) is 0 Å². The second-order valence-electron chi connectivity index (χ2n) is 6.50. The van der Waals surface area contributed by atoms with Crippen molar-refractivity contribution in [3.05, 3.63) is 63.5 Å². The van der Waals surface area contributed by atoms with Gasteiger partial charge < -0.3 is 14.6 Å². The Hall–Kier alpha value is -2.55. The van der Waals surface area contributed by atoms with Gasteiger partial charge in [-0.15, -0.1) is 0 Å². The quantitative estimate of drug-likeness (QED) is 0.402. The highest BCUT2D eigenvalue weighted by Gasteiger charge is 2.32. The van der Waals surface area contributed by atoms with Crippen molar-refractivity contribution in [3.63, 3.8) is 0 Å². The summed E-state index contributed by atoms with van der Waals surface area (Å²) in [5, 5.41) is 9.48. The molecule has 0 radical (unpaired) electrons. The van der Waals surface area contributed by atoms with Crippen LogP contribution in [0.1, 0.15) is 24.5 Å². The van der Waals surface area contributed by atoms with Gasteiger partial charge in [-0.05, 0) is 36.8 Å². The van der Waals surface area contributed by atoms with Crippen molar-refractivity contribution in [2.75, 3.05) is 13.2 Å². The first-order chi connectivity index (χ1) is 14.9. The van der Waals surface area contributed by atoms with Gasteiger partial charge in [0.05, 0.1) is 17.9 Å². The maximum atomic E-state index is 12.6. The van der Waals surface area contributed by atoms with Gasteiger partial charge in [0.2, 0.25) is 0 Å². The van der Waals surface area contributed by atoms with E-state index in [1.54, 1.807) is 24.3 Å². The third-order valence-electron chi connectivity index (χ3n) is 4.33. The maximum Gasteiger partial charge on any atom is 0.305 e. The van der Waals surface area contributed by atoms with Crippen LogP contribution in [0.25, 0.3) is 6.08 Å². The van der Waals surface area contributed by atoms with Crippen molar-refractivity contribution in [1.82, 2.24) is 4.90 Å². The minimum atomic E-state index is -0.980. The molecular formula is C22H20ClNO5S2. The third-order valence-corrected chi connectivity index (χ3v) is 6.08. The molecule has 1 aliphatic heterocycles. The Morgan fingerprint density at radius 1 is 1.23 bits per heavy atom. The molecule has 1 saturated heterocycles. The van der Waals surface area contributed by atoms with Crippen molar-refractivity contribution in [1.29, 1.82) is 0 Å². The second-order valence-corrected chi connectivity index (χ2v) is 8.58. The summed E-state index contributed by atoms with van der Waals surface area (Å²) in [5.74, 6) is -0.169. The molecule has 1 aliphatic rings. The van der Waals surface area contributed by atoms with Gasteiger partial charge >= 0.3 is 5.97 Å². The van der Waals surface area contributed by atoms with E-state index in [4.69, 9.17) is 38.4 Å². The minimum Gasteiger partial charge on any atom is -0.490 e. The van der Waals surface area contributed by atoms with Gasteiger partial charge in [-0.3, -0.25) is 14.5 Å². The Balaban J connectivity index is 1.77. The van der Waals surface area contributed by atoms with Crippen LogP contribution >= 0.6 is 35.6 Å². The van der Waals surface area contributed by atoms with Crippen molar-refractivity contribution < 1.29 is 24.2 Å². The van der Waals surface area contributed by atoms with Crippen LogP contribution in [0.2, 0.25) is 5.02 Å². The number of hydrogen-bond donors (Lipinski definition) is 1. The number of amides is 1. The van der Waals surface area contributed by atoms with Crippen molar-refractivity contribution in [2.45, 2.75) is 20.0 Å². The largest absolute Gasteiger partial charge is 0.490 e. The predicted molar refractivity (Wildman–Crippen MR) is 126 cm³/mol. The Morgan fingerprint density at radius 2 is 2.00 bits per heavy atom. The van der Waals surface area contributed by atoms with Crippen molar-refractivity contribution >= 4 is 57.9 Å². The lowest BCUT2D eigenvalue weighted by atomic mass is 10.1. The topological polar surface area (TPSA) is 76.1 Å². The van der Waals surface area contributed by atoms with E-state index < -0.39 is 5.97 Å². The fraction of sp³-hybridized carbons (Fsp3) is 0.227. The first-order valence-corrected chi connectivity index (χ1v) is 11.1. The highest BCUT2D eigenvalue weighted by atomic mass is 35.5. The zero-order chi connectivity index (χ0) is 22.4. The summed E-state index contributed by atoms with van der Waals surface area (Å²) in [7, 11) is 0. The summed E-state index contributed by atoms with van der Waals surface area (Å²) < 4.78 is 12.0. The van der Waals surface area contributed by atoms with E-state index in [1.807, 2.05) is 31.2 Å². The van der Waals surface area contributed by atoms with Crippen molar-refractivity contribution in [2.24, 2.45) is 0 Å². The highest BCUT2D eigenvalue weighted by molar-refractivity contribution is 8.26. The smallest absolute Gasteiger partial charge is 0.305 e. The number of carboxylic acids is 1. The van der Waals surface area contributed by atoms with Crippen LogP contribution in [0.4, 0.5) is 0 Å². The number of carbonyl (C=O) groups is 2. The summed E-state index contributed by atoms with van der Waals surface area (Å²) in [4.78, 5) is 25.1. The number of carboxylic acid groups (broad SMARTS) is 1. The third kappa shape index (κ3) is 6.00. The molecule has 6 nitrogen and oxygen atoms in total. The standard InChI is InChI=1S/C22H20ClNO5S2/c1-2-28-18-11-14(7-8-17(18)29-13-15-5-3-4-6-16(15)23)12-19-21(27)24(22(30)31-19)10-9-20(25)26/h3-8,11-12H,2,9-10,13H2,1H3,(H,25,26)/b19-12+. The van der Waals surface area contributed by atoms with Gasteiger partial charge in [0, 0.05) is 17.1 Å². The molecule has 0 spiro atoms. The molecule has 0 aromatic heterocycles. The molecule has 162 valence electrons. The summed E-state index contributed by atoms with van der Waals surface area (Å²) in [5.41, 5.74) is 1.60. The highest BCUT2D eigenvalue weighted by Crippen LogP contribution is 2.35. The maximum absolute atomic E-state index is 12.6. The lowest BCUT2D eigenvalue weighted by Crippen LogP contribution is -2.30. The minimum absolute atomic E-state index is 0.0519. The van der Waals surface area contributed by atoms with E-state index in [1.165, 1.54) is 4.90 Å². The van der Waals surface area contributed by atoms with Gasteiger partial charge in [-0.1, -0.05) is 59.8 Å². The van der Waals surface area contributed by atoms with Gasteiger partial charge in [0.1, 0.15) is 10.9 Å². The number of benzene rings is 2. The number of thioether (sulfide) groups is 1.